The molecule has 0 aliphatic carbocycles. The van der Waals surface area contributed by atoms with E-state index in [0.717, 1.165) is 19.5 Å². The third-order valence-electron chi connectivity index (χ3n) is 3.60. The number of carbonyl (C=O) groups is 1. The molecule has 98 valence electrons. The number of rotatable bonds is 3. The Bertz CT molecular complexity index is 393. The molecule has 0 aromatic heterocycles. The van der Waals surface area contributed by atoms with Crippen LogP contribution in [-0.2, 0) is 4.79 Å². The summed E-state index contributed by atoms with van der Waals surface area (Å²) in [7, 11) is 0. The monoisotopic (exact) mass is 247 g/mol. The first-order valence-electron chi connectivity index (χ1n) is 6.52. The van der Waals surface area contributed by atoms with Crippen molar-refractivity contribution in [2.24, 2.45) is 5.73 Å². The molecule has 1 aliphatic heterocycles. The van der Waals surface area contributed by atoms with E-state index in [2.05, 4.69) is 29.3 Å². The molecule has 0 radical (unpaired) electrons. The summed E-state index contributed by atoms with van der Waals surface area (Å²) < 4.78 is 0. The summed E-state index contributed by atoms with van der Waals surface area (Å²) in [5.41, 5.74) is 6.99. The predicted molar refractivity (Wildman–Crippen MR) is 72.0 cm³/mol. The SMILES string of the molecule is CC(c1ccccc1)N1CCCNC(=O)C1CN. The minimum absolute atomic E-state index is 0.0535. The van der Waals surface area contributed by atoms with Gasteiger partial charge in [-0.25, -0.2) is 0 Å². The Morgan fingerprint density at radius 3 is 2.83 bits per heavy atom. The first-order chi connectivity index (χ1) is 8.74. The first kappa shape index (κ1) is 13.1. The van der Waals surface area contributed by atoms with E-state index >= 15 is 0 Å². The minimum Gasteiger partial charge on any atom is -0.355 e. The molecule has 1 heterocycles. The average Bonchev–Trinajstić information content (AvgIpc) is 2.60. The van der Waals surface area contributed by atoms with Crippen LogP contribution in [0.25, 0.3) is 0 Å². The molecule has 4 nitrogen and oxygen atoms in total. The molecule has 2 unspecified atom stereocenters. The lowest BCUT2D eigenvalue weighted by Crippen LogP contribution is -2.49. The molecule has 1 amide bonds. The van der Waals surface area contributed by atoms with Crippen LogP contribution in [0.1, 0.15) is 24.9 Å². The zero-order valence-corrected chi connectivity index (χ0v) is 10.8. The van der Waals surface area contributed by atoms with Crippen LogP contribution in [0.4, 0.5) is 0 Å². The molecule has 1 aromatic carbocycles. The summed E-state index contributed by atoms with van der Waals surface area (Å²) in [5, 5.41) is 2.92. The number of hydrogen-bond acceptors (Lipinski definition) is 3. The first-order valence-corrected chi connectivity index (χ1v) is 6.52. The second-order valence-corrected chi connectivity index (χ2v) is 4.72. The normalized spacial score (nSPS) is 23.2. The molecular formula is C14H21N3O. The van der Waals surface area contributed by atoms with E-state index in [1.165, 1.54) is 5.56 Å². The second kappa shape index (κ2) is 5.98. The van der Waals surface area contributed by atoms with Crippen molar-refractivity contribution in [1.82, 2.24) is 10.2 Å². The Morgan fingerprint density at radius 1 is 1.44 bits per heavy atom. The third-order valence-corrected chi connectivity index (χ3v) is 3.60. The Labute approximate surface area is 108 Å². The van der Waals surface area contributed by atoms with Crippen molar-refractivity contribution < 1.29 is 4.79 Å². The fourth-order valence-electron chi connectivity index (χ4n) is 2.53. The quantitative estimate of drug-likeness (QED) is 0.834. The van der Waals surface area contributed by atoms with Gasteiger partial charge in [-0.15, -0.1) is 0 Å². The van der Waals surface area contributed by atoms with Gasteiger partial charge < -0.3 is 11.1 Å². The second-order valence-electron chi connectivity index (χ2n) is 4.72. The molecular weight excluding hydrogens is 226 g/mol. The number of benzene rings is 1. The number of carbonyl (C=O) groups excluding carboxylic acids is 1. The van der Waals surface area contributed by atoms with E-state index in [-0.39, 0.29) is 18.0 Å². The fraction of sp³-hybridized carbons (Fsp3) is 0.500. The maximum Gasteiger partial charge on any atom is 0.238 e. The summed E-state index contributed by atoms with van der Waals surface area (Å²) >= 11 is 0. The highest BCUT2D eigenvalue weighted by Gasteiger charge is 2.30. The Morgan fingerprint density at radius 2 is 2.17 bits per heavy atom. The van der Waals surface area contributed by atoms with E-state index < -0.39 is 0 Å². The molecule has 0 bridgehead atoms. The fourth-order valence-corrected chi connectivity index (χ4v) is 2.53. The Hall–Kier alpha value is -1.39. The summed E-state index contributed by atoms with van der Waals surface area (Å²) in [6, 6.07) is 10.3. The largest absolute Gasteiger partial charge is 0.355 e. The van der Waals surface area contributed by atoms with Crippen molar-refractivity contribution in [3.05, 3.63) is 35.9 Å². The minimum atomic E-state index is -0.220. The molecule has 1 aliphatic rings. The van der Waals surface area contributed by atoms with Crippen LogP contribution in [0.2, 0.25) is 0 Å². The maximum atomic E-state index is 12.0. The van der Waals surface area contributed by atoms with Gasteiger partial charge in [0, 0.05) is 25.7 Å². The van der Waals surface area contributed by atoms with Crippen molar-refractivity contribution in [2.45, 2.75) is 25.4 Å². The van der Waals surface area contributed by atoms with E-state index in [9.17, 15) is 4.79 Å². The number of amides is 1. The summed E-state index contributed by atoms with van der Waals surface area (Å²) in [5.74, 6) is 0.0535. The molecule has 4 heteroatoms. The number of nitrogens with zero attached hydrogens (tertiary/aromatic N) is 1. The lowest BCUT2D eigenvalue weighted by Gasteiger charge is -2.33. The van der Waals surface area contributed by atoms with E-state index in [4.69, 9.17) is 5.73 Å². The maximum absolute atomic E-state index is 12.0. The van der Waals surface area contributed by atoms with Gasteiger partial charge in [-0.1, -0.05) is 30.3 Å². The lowest BCUT2D eigenvalue weighted by molar-refractivity contribution is -0.125. The molecule has 0 spiro atoms. The predicted octanol–water partition coefficient (Wildman–Crippen LogP) is 0.897. The van der Waals surface area contributed by atoms with Crippen LogP contribution in [-0.4, -0.2) is 36.5 Å². The van der Waals surface area contributed by atoms with Gasteiger partial charge in [0.05, 0.1) is 0 Å². The van der Waals surface area contributed by atoms with Gasteiger partial charge in [-0.2, -0.15) is 0 Å². The van der Waals surface area contributed by atoms with Gasteiger partial charge in [-0.3, -0.25) is 9.69 Å². The molecule has 1 aromatic rings. The van der Waals surface area contributed by atoms with E-state index in [1.807, 2.05) is 18.2 Å². The Balaban J connectivity index is 2.20. The van der Waals surface area contributed by atoms with Gasteiger partial charge >= 0.3 is 0 Å². The molecule has 1 saturated heterocycles. The highest BCUT2D eigenvalue weighted by Crippen LogP contribution is 2.23. The van der Waals surface area contributed by atoms with E-state index in [0.29, 0.717) is 6.54 Å². The smallest absolute Gasteiger partial charge is 0.238 e. The Kier molecular flexibility index (Phi) is 4.33. The van der Waals surface area contributed by atoms with Crippen LogP contribution in [0.15, 0.2) is 30.3 Å². The van der Waals surface area contributed by atoms with Crippen LogP contribution in [0.5, 0.6) is 0 Å². The average molecular weight is 247 g/mol. The van der Waals surface area contributed by atoms with Gasteiger partial charge in [0.1, 0.15) is 6.04 Å². The molecule has 2 atom stereocenters. The van der Waals surface area contributed by atoms with Crippen LogP contribution >= 0.6 is 0 Å². The van der Waals surface area contributed by atoms with Crippen molar-refractivity contribution in [3.8, 4) is 0 Å². The van der Waals surface area contributed by atoms with Gasteiger partial charge in [0.2, 0.25) is 5.91 Å². The highest BCUT2D eigenvalue weighted by molar-refractivity contribution is 5.82. The highest BCUT2D eigenvalue weighted by atomic mass is 16.2. The molecule has 0 saturated carbocycles. The molecule has 1 fully saturated rings. The number of nitrogens with one attached hydrogen (secondary N) is 1. The lowest BCUT2D eigenvalue weighted by atomic mass is 10.0. The van der Waals surface area contributed by atoms with Gasteiger partial charge in [0.25, 0.3) is 0 Å². The zero-order valence-electron chi connectivity index (χ0n) is 10.8. The molecule has 3 N–H and O–H groups in total. The zero-order chi connectivity index (χ0) is 13.0. The van der Waals surface area contributed by atoms with Crippen LogP contribution < -0.4 is 11.1 Å². The topological polar surface area (TPSA) is 58.4 Å². The van der Waals surface area contributed by atoms with Crippen molar-refractivity contribution in [3.63, 3.8) is 0 Å². The van der Waals surface area contributed by atoms with Gasteiger partial charge in [-0.05, 0) is 18.9 Å². The van der Waals surface area contributed by atoms with Crippen molar-refractivity contribution in [1.29, 1.82) is 0 Å². The standard InChI is InChI=1S/C14H21N3O/c1-11(12-6-3-2-4-7-12)17-9-5-8-16-14(18)13(17)10-15/h2-4,6-7,11,13H,5,8-10,15H2,1H3,(H,16,18). The van der Waals surface area contributed by atoms with Gasteiger partial charge in [0.15, 0.2) is 0 Å². The van der Waals surface area contributed by atoms with Crippen molar-refractivity contribution >= 4 is 5.91 Å². The molecule has 2 rings (SSSR count). The van der Waals surface area contributed by atoms with Crippen LogP contribution in [0, 0.1) is 0 Å². The van der Waals surface area contributed by atoms with Crippen molar-refractivity contribution in [2.75, 3.05) is 19.6 Å². The summed E-state index contributed by atoms with van der Waals surface area (Å²) in [4.78, 5) is 14.2. The van der Waals surface area contributed by atoms with Crippen LogP contribution in [0.3, 0.4) is 0 Å². The number of nitrogens with two attached hydrogens (primary N) is 1. The summed E-state index contributed by atoms with van der Waals surface area (Å²) in [6.07, 6.45) is 0.972. The van der Waals surface area contributed by atoms with E-state index in [1.54, 1.807) is 0 Å². The summed E-state index contributed by atoms with van der Waals surface area (Å²) in [6.45, 7) is 4.14. The molecule has 18 heavy (non-hydrogen) atoms. The third kappa shape index (κ3) is 2.71. The number of hydrogen-bond donors (Lipinski definition) is 2.